The number of benzene rings is 2. The second-order valence-corrected chi connectivity index (χ2v) is 5.83. The maximum atomic E-state index is 12.3. The van der Waals surface area contributed by atoms with Gasteiger partial charge < -0.3 is 20.1 Å². The van der Waals surface area contributed by atoms with E-state index in [4.69, 9.17) is 9.47 Å². The fourth-order valence-electron chi connectivity index (χ4n) is 2.22. The van der Waals surface area contributed by atoms with Crippen LogP contribution in [0.15, 0.2) is 60.7 Å². The Morgan fingerprint density at radius 3 is 2.59 bits per heavy atom. The molecule has 2 N–H and O–H groups in total. The van der Waals surface area contributed by atoms with Gasteiger partial charge in [0, 0.05) is 24.9 Å². The van der Waals surface area contributed by atoms with Crippen LogP contribution in [0.3, 0.4) is 0 Å². The van der Waals surface area contributed by atoms with Gasteiger partial charge in [0.25, 0.3) is 0 Å². The molecule has 2 aromatic carbocycles. The van der Waals surface area contributed by atoms with Crippen molar-refractivity contribution in [2.45, 2.75) is 13.0 Å². The molecule has 0 aliphatic rings. The third-order valence-corrected chi connectivity index (χ3v) is 3.64. The van der Waals surface area contributed by atoms with Crippen molar-refractivity contribution in [1.82, 2.24) is 5.32 Å². The van der Waals surface area contributed by atoms with Crippen molar-refractivity contribution >= 4 is 23.6 Å². The summed E-state index contributed by atoms with van der Waals surface area (Å²) in [5.74, 6) is -0.0176. The number of hydrogen-bond donors (Lipinski definition) is 2. The summed E-state index contributed by atoms with van der Waals surface area (Å²) in [5.41, 5.74) is 1.51. The first-order chi connectivity index (χ1) is 13.1. The van der Waals surface area contributed by atoms with Crippen molar-refractivity contribution in [3.8, 4) is 5.75 Å². The van der Waals surface area contributed by atoms with Crippen LogP contribution in [-0.2, 0) is 14.3 Å². The second kappa shape index (κ2) is 10.8. The zero-order valence-corrected chi connectivity index (χ0v) is 15.5. The molecular weight excluding hydrogens is 344 g/mol. The lowest BCUT2D eigenvalue weighted by Gasteiger charge is -2.14. The van der Waals surface area contributed by atoms with Crippen molar-refractivity contribution in [1.29, 1.82) is 0 Å². The predicted molar refractivity (Wildman–Crippen MR) is 106 cm³/mol. The standard InChI is InChI=1S/C21H24N2O4/c1-16(22-20(24)12-11-17-7-4-3-5-8-17)21(25)23-18-9-6-10-19(15-18)27-14-13-26-2/h3-12,15-16H,13-14H2,1-2H3,(H,22,24)(H,23,25)/b12-11+. The Hall–Kier alpha value is -3.12. The fraction of sp³-hybridized carbons (Fsp3) is 0.238. The van der Waals surface area contributed by atoms with E-state index in [0.717, 1.165) is 5.56 Å². The van der Waals surface area contributed by atoms with Crippen molar-refractivity contribution in [3.05, 3.63) is 66.2 Å². The average Bonchev–Trinajstić information content (AvgIpc) is 2.67. The van der Waals surface area contributed by atoms with Gasteiger partial charge in [-0.15, -0.1) is 0 Å². The minimum absolute atomic E-state index is 0.314. The van der Waals surface area contributed by atoms with E-state index in [1.807, 2.05) is 30.3 Å². The quantitative estimate of drug-likeness (QED) is 0.527. The van der Waals surface area contributed by atoms with Crippen molar-refractivity contribution in [2.24, 2.45) is 0 Å². The molecular formula is C21H24N2O4. The van der Waals surface area contributed by atoms with Gasteiger partial charge in [-0.3, -0.25) is 9.59 Å². The molecule has 1 atom stereocenters. The predicted octanol–water partition coefficient (Wildman–Crippen LogP) is 2.87. The van der Waals surface area contributed by atoms with Gasteiger partial charge in [-0.1, -0.05) is 36.4 Å². The van der Waals surface area contributed by atoms with E-state index >= 15 is 0 Å². The molecule has 0 bridgehead atoms. The van der Waals surface area contributed by atoms with Gasteiger partial charge in [0.05, 0.1) is 6.61 Å². The van der Waals surface area contributed by atoms with Crippen molar-refractivity contribution in [2.75, 3.05) is 25.6 Å². The molecule has 142 valence electrons. The number of anilines is 1. The summed E-state index contributed by atoms with van der Waals surface area (Å²) in [6.45, 7) is 2.53. The van der Waals surface area contributed by atoms with Crippen LogP contribution in [0.4, 0.5) is 5.69 Å². The molecule has 0 fully saturated rings. The van der Waals surface area contributed by atoms with Gasteiger partial charge in [-0.2, -0.15) is 0 Å². The summed E-state index contributed by atoms with van der Waals surface area (Å²) in [6, 6.07) is 15.8. The molecule has 0 aliphatic heterocycles. The number of nitrogens with one attached hydrogen (secondary N) is 2. The summed E-state index contributed by atoms with van der Waals surface area (Å²) in [4.78, 5) is 24.3. The number of amides is 2. The van der Waals surface area contributed by atoms with Crippen LogP contribution < -0.4 is 15.4 Å². The number of carbonyl (C=O) groups is 2. The van der Waals surface area contributed by atoms with Crippen LogP contribution in [0.5, 0.6) is 5.75 Å². The molecule has 1 unspecified atom stereocenters. The molecule has 2 amide bonds. The summed E-state index contributed by atoms with van der Waals surface area (Å²) in [6.07, 6.45) is 3.10. The summed E-state index contributed by atoms with van der Waals surface area (Å²) in [7, 11) is 1.60. The van der Waals surface area contributed by atoms with E-state index in [1.165, 1.54) is 6.08 Å². The first-order valence-corrected chi connectivity index (χ1v) is 8.65. The number of hydrogen-bond acceptors (Lipinski definition) is 4. The Kier molecular flexibility index (Phi) is 8.06. The molecule has 27 heavy (non-hydrogen) atoms. The molecule has 0 spiro atoms. The molecule has 0 radical (unpaired) electrons. The monoisotopic (exact) mass is 368 g/mol. The maximum absolute atomic E-state index is 12.3. The summed E-state index contributed by atoms with van der Waals surface area (Å²) in [5, 5.41) is 5.40. The first kappa shape index (κ1) is 20.2. The van der Waals surface area contributed by atoms with Crippen LogP contribution in [-0.4, -0.2) is 38.2 Å². The van der Waals surface area contributed by atoms with Gasteiger partial charge >= 0.3 is 0 Å². The van der Waals surface area contributed by atoms with Crippen LogP contribution in [0.1, 0.15) is 12.5 Å². The zero-order chi connectivity index (χ0) is 19.5. The fourth-order valence-corrected chi connectivity index (χ4v) is 2.22. The van der Waals surface area contributed by atoms with E-state index in [0.29, 0.717) is 24.7 Å². The highest BCUT2D eigenvalue weighted by Gasteiger charge is 2.14. The van der Waals surface area contributed by atoms with Gasteiger partial charge in [0.1, 0.15) is 18.4 Å². The molecule has 0 aliphatic carbocycles. The highest BCUT2D eigenvalue weighted by molar-refractivity contribution is 5.99. The molecule has 0 heterocycles. The Balaban J connectivity index is 1.85. The van der Waals surface area contributed by atoms with Gasteiger partial charge in [-0.25, -0.2) is 0 Å². The largest absolute Gasteiger partial charge is 0.491 e. The highest BCUT2D eigenvalue weighted by atomic mass is 16.5. The SMILES string of the molecule is COCCOc1cccc(NC(=O)C(C)NC(=O)/C=C/c2ccccc2)c1. The van der Waals surface area contributed by atoms with Gasteiger partial charge in [0.15, 0.2) is 0 Å². The molecule has 6 nitrogen and oxygen atoms in total. The smallest absolute Gasteiger partial charge is 0.246 e. The number of carbonyl (C=O) groups excluding carboxylic acids is 2. The minimum Gasteiger partial charge on any atom is -0.491 e. The van der Waals surface area contributed by atoms with Crippen molar-refractivity contribution < 1.29 is 19.1 Å². The van der Waals surface area contributed by atoms with Crippen LogP contribution in [0, 0.1) is 0 Å². The third kappa shape index (κ3) is 7.33. The Morgan fingerprint density at radius 2 is 1.85 bits per heavy atom. The average molecular weight is 368 g/mol. The van der Waals surface area contributed by atoms with Gasteiger partial charge in [-0.05, 0) is 30.7 Å². The molecule has 0 aromatic heterocycles. The van der Waals surface area contributed by atoms with E-state index in [2.05, 4.69) is 10.6 Å². The van der Waals surface area contributed by atoms with E-state index < -0.39 is 6.04 Å². The zero-order valence-electron chi connectivity index (χ0n) is 15.5. The van der Waals surface area contributed by atoms with Crippen molar-refractivity contribution in [3.63, 3.8) is 0 Å². The second-order valence-electron chi connectivity index (χ2n) is 5.83. The Labute approximate surface area is 159 Å². The molecule has 6 heteroatoms. The number of methoxy groups -OCH3 is 1. The van der Waals surface area contributed by atoms with E-state index in [9.17, 15) is 9.59 Å². The lowest BCUT2D eigenvalue weighted by Crippen LogP contribution is -2.40. The lowest BCUT2D eigenvalue weighted by atomic mass is 10.2. The number of rotatable bonds is 9. The van der Waals surface area contributed by atoms with Crippen LogP contribution >= 0.6 is 0 Å². The number of ether oxygens (including phenoxy) is 2. The summed E-state index contributed by atoms with van der Waals surface area (Å²) < 4.78 is 10.4. The van der Waals surface area contributed by atoms with E-state index in [-0.39, 0.29) is 11.8 Å². The highest BCUT2D eigenvalue weighted by Crippen LogP contribution is 2.17. The third-order valence-electron chi connectivity index (χ3n) is 3.64. The normalized spacial score (nSPS) is 11.8. The molecule has 2 aromatic rings. The Morgan fingerprint density at radius 1 is 1.07 bits per heavy atom. The van der Waals surface area contributed by atoms with Gasteiger partial charge in [0.2, 0.25) is 11.8 Å². The maximum Gasteiger partial charge on any atom is 0.246 e. The van der Waals surface area contributed by atoms with Crippen LogP contribution in [0.2, 0.25) is 0 Å². The van der Waals surface area contributed by atoms with E-state index in [1.54, 1.807) is 44.4 Å². The topological polar surface area (TPSA) is 76.7 Å². The Bertz CT molecular complexity index is 775. The minimum atomic E-state index is -0.684. The molecule has 0 saturated carbocycles. The first-order valence-electron chi connectivity index (χ1n) is 8.65. The summed E-state index contributed by atoms with van der Waals surface area (Å²) >= 11 is 0. The molecule has 2 rings (SSSR count). The lowest BCUT2D eigenvalue weighted by molar-refractivity contribution is -0.123. The van der Waals surface area contributed by atoms with Crippen LogP contribution in [0.25, 0.3) is 6.08 Å². The molecule has 0 saturated heterocycles.